The standard InChI is InChI=1S/C23H17N3O3/c24-10-12-3-1-2-4-14(12)19-8-5-13(29-19)11-25-26-22(27)20-15-6-7-16(18-9-17(15)18)21(20)23(26)28/h1-8,11,15-18,20-21H,9H2/b25-11-/t15-,16+,17-,18-,20+,21+/m1/s1. The number of nitrogens with zero attached hydrogens (tertiary/aromatic N) is 3. The van der Waals surface area contributed by atoms with Gasteiger partial charge in [0.1, 0.15) is 11.5 Å². The molecule has 29 heavy (non-hydrogen) atoms. The van der Waals surface area contributed by atoms with Crippen molar-refractivity contribution in [3.8, 4) is 17.4 Å². The molecule has 2 amide bonds. The average Bonchev–Trinajstić information content (AvgIpc) is 3.39. The summed E-state index contributed by atoms with van der Waals surface area (Å²) >= 11 is 0. The highest BCUT2D eigenvalue weighted by Crippen LogP contribution is 2.65. The summed E-state index contributed by atoms with van der Waals surface area (Å²) in [4.78, 5) is 25.9. The van der Waals surface area contributed by atoms with E-state index in [2.05, 4.69) is 23.3 Å². The van der Waals surface area contributed by atoms with E-state index in [0.717, 1.165) is 11.4 Å². The predicted molar refractivity (Wildman–Crippen MR) is 103 cm³/mol. The van der Waals surface area contributed by atoms with Gasteiger partial charge in [0, 0.05) is 5.56 Å². The number of hydrazone groups is 1. The van der Waals surface area contributed by atoms with Crippen molar-refractivity contribution in [3.05, 3.63) is 59.9 Å². The summed E-state index contributed by atoms with van der Waals surface area (Å²) in [7, 11) is 0. The van der Waals surface area contributed by atoms with Gasteiger partial charge in [-0.2, -0.15) is 15.4 Å². The van der Waals surface area contributed by atoms with Crippen molar-refractivity contribution < 1.29 is 14.0 Å². The van der Waals surface area contributed by atoms with Crippen molar-refractivity contribution in [2.24, 2.45) is 40.6 Å². The summed E-state index contributed by atoms with van der Waals surface area (Å²) in [6.45, 7) is 0. The third-order valence-electron chi connectivity index (χ3n) is 6.88. The van der Waals surface area contributed by atoms with E-state index < -0.39 is 0 Å². The Balaban J connectivity index is 1.26. The van der Waals surface area contributed by atoms with Crippen LogP contribution in [0.1, 0.15) is 17.7 Å². The van der Waals surface area contributed by atoms with Crippen molar-refractivity contribution in [2.45, 2.75) is 6.42 Å². The number of furan rings is 1. The number of imide groups is 1. The molecule has 4 aliphatic carbocycles. The number of hydrogen-bond acceptors (Lipinski definition) is 5. The van der Waals surface area contributed by atoms with Crippen molar-refractivity contribution in [2.75, 3.05) is 0 Å². The fourth-order valence-electron chi connectivity index (χ4n) is 5.53. The minimum Gasteiger partial charge on any atom is -0.455 e. The molecule has 2 aromatic rings. The van der Waals surface area contributed by atoms with E-state index in [1.807, 2.05) is 12.1 Å². The van der Waals surface area contributed by atoms with Gasteiger partial charge in [0.25, 0.3) is 11.8 Å². The van der Waals surface area contributed by atoms with Gasteiger partial charge in [-0.25, -0.2) is 0 Å². The number of rotatable bonds is 3. The molecule has 142 valence electrons. The summed E-state index contributed by atoms with van der Waals surface area (Å²) in [5, 5.41) is 14.5. The van der Waals surface area contributed by atoms with Gasteiger partial charge in [0.05, 0.1) is 29.7 Å². The van der Waals surface area contributed by atoms with Crippen molar-refractivity contribution >= 4 is 18.0 Å². The highest BCUT2D eigenvalue weighted by Gasteiger charge is 2.67. The largest absolute Gasteiger partial charge is 0.455 e. The van der Waals surface area contributed by atoms with E-state index >= 15 is 0 Å². The minimum atomic E-state index is -0.256. The third kappa shape index (κ3) is 2.24. The number of nitriles is 1. The van der Waals surface area contributed by atoms with E-state index in [-0.39, 0.29) is 35.5 Å². The van der Waals surface area contributed by atoms with Gasteiger partial charge in [-0.1, -0.05) is 24.3 Å². The normalized spacial score (nSPS) is 33.8. The average molecular weight is 383 g/mol. The zero-order valence-electron chi connectivity index (χ0n) is 15.4. The second-order valence-corrected chi connectivity index (χ2v) is 8.25. The van der Waals surface area contributed by atoms with Crippen LogP contribution in [0.2, 0.25) is 0 Å². The number of carbonyl (C=O) groups excluding carboxylic acids is 2. The molecule has 0 spiro atoms. The summed E-state index contributed by atoms with van der Waals surface area (Å²) in [6, 6.07) is 12.8. The Morgan fingerprint density at radius 3 is 2.41 bits per heavy atom. The fraction of sp³-hybridized carbons (Fsp3) is 0.304. The summed E-state index contributed by atoms with van der Waals surface area (Å²) in [6.07, 6.45) is 6.83. The molecule has 0 N–H and O–H groups in total. The quantitative estimate of drug-likeness (QED) is 0.463. The molecule has 6 heteroatoms. The van der Waals surface area contributed by atoms with Gasteiger partial charge >= 0.3 is 0 Å². The Morgan fingerprint density at radius 1 is 1.03 bits per heavy atom. The Hall–Kier alpha value is -3.46. The Labute approximate surface area is 167 Å². The first kappa shape index (κ1) is 16.5. The van der Waals surface area contributed by atoms with Crippen molar-refractivity contribution in [3.63, 3.8) is 0 Å². The first-order chi connectivity index (χ1) is 14.2. The maximum Gasteiger partial charge on any atom is 0.254 e. The highest BCUT2D eigenvalue weighted by molar-refractivity contribution is 6.06. The second-order valence-electron chi connectivity index (χ2n) is 8.25. The maximum atomic E-state index is 12.9. The summed E-state index contributed by atoms with van der Waals surface area (Å²) in [5.74, 6) is 1.57. The molecule has 2 saturated carbocycles. The molecule has 0 unspecified atom stereocenters. The third-order valence-corrected chi connectivity index (χ3v) is 6.88. The van der Waals surface area contributed by atoms with Crippen LogP contribution in [0.15, 0.2) is 58.1 Å². The van der Waals surface area contributed by atoms with Crippen molar-refractivity contribution in [1.29, 1.82) is 5.26 Å². The highest BCUT2D eigenvalue weighted by atomic mass is 16.3. The van der Waals surface area contributed by atoms with Crippen LogP contribution in [0.4, 0.5) is 0 Å². The molecule has 2 heterocycles. The van der Waals surface area contributed by atoms with Crippen LogP contribution in [0.5, 0.6) is 0 Å². The smallest absolute Gasteiger partial charge is 0.254 e. The Kier molecular flexibility index (Phi) is 3.28. The summed E-state index contributed by atoms with van der Waals surface area (Å²) in [5.41, 5.74) is 1.21. The lowest BCUT2D eigenvalue weighted by atomic mass is 9.63. The van der Waals surface area contributed by atoms with Gasteiger partial charge < -0.3 is 4.42 Å². The van der Waals surface area contributed by atoms with E-state index in [1.54, 1.807) is 24.3 Å². The van der Waals surface area contributed by atoms with Crippen LogP contribution >= 0.6 is 0 Å². The first-order valence-corrected chi connectivity index (χ1v) is 9.87. The van der Waals surface area contributed by atoms with Crippen LogP contribution in [-0.2, 0) is 9.59 Å². The number of amides is 2. The topological polar surface area (TPSA) is 86.7 Å². The molecule has 1 aromatic heterocycles. The lowest BCUT2D eigenvalue weighted by Gasteiger charge is -2.37. The molecule has 1 saturated heterocycles. The molecule has 0 radical (unpaired) electrons. The second kappa shape index (κ2) is 5.77. The molecule has 5 aliphatic rings. The van der Waals surface area contributed by atoms with E-state index in [9.17, 15) is 14.9 Å². The van der Waals surface area contributed by atoms with Gasteiger partial charge in [-0.05, 0) is 54.4 Å². The van der Waals surface area contributed by atoms with Crippen LogP contribution < -0.4 is 0 Å². The molecule has 1 aromatic carbocycles. The van der Waals surface area contributed by atoms with Gasteiger partial charge in [-0.3, -0.25) is 9.59 Å². The predicted octanol–water partition coefficient (Wildman–Crippen LogP) is 3.21. The SMILES string of the molecule is N#Cc1ccccc1-c1ccc(/C=N\N2C(=O)[C@H]3[C@@H]4C=C[C@@H]([C@H]5C[C@H]45)[C@@H]3C2=O)o1. The molecule has 7 rings (SSSR count). The molecule has 2 bridgehead atoms. The minimum absolute atomic E-state index is 0.185. The number of allylic oxidation sites excluding steroid dienone is 2. The zero-order valence-corrected chi connectivity index (χ0v) is 15.4. The molecular weight excluding hydrogens is 366 g/mol. The van der Waals surface area contributed by atoms with Gasteiger partial charge in [-0.15, -0.1) is 0 Å². The van der Waals surface area contributed by atoms with E-state index in [4.69, 9.17) is 4.42 Å². The van der Waals surface area contributed by atoms with Crippen LogP contribution in [0, 0.1) is 46.8 Å². The van der Waals surface area contributed by atoms with Gasteiger partial charge in [0.15, 0.2) is 0 Å². The maximum absolute atomic E-state index is 12.9. The first-order valence-electron chi connectivity index (χ1n) is 9.87. The van der Waals surface area contributed by atoms with Crippen molar-refractivity contribution in [1.82, 2.24) is 5.01 Å². The number of hydrogen-bond donors (Lipinski definition) is 0. The molecular formula is C23H17N3O3. The molecule has 6 nitrogen and oxygen atoms in total. The number of benzene rings is 1. The van der Waals surface area contributed by atoms with Gasteiger partial charge in [0.2, 0.25) is 0 Å². The Morgan fingerprint density at radius 2 is 1.72 bits per heavy atom. The van der Waals surface area contributed by atoms with E-state index in [1.165, 1.54) is 6.21 Å². The summed E-state index contributed by atoms with van der Waals surface area (Å²) < 4.78 is 5.78. The molecule has 6 atom stereocenters. The van der Waals surface area contributed by atoms with Crippen LogP contribution in [-0.4, -0.2) is 23.0 Å². The van der Waals surface area contributed by atoms with E-state index in [0.29, 0.717) is 34.5 Å². The fourth-order valence-corrected chi connectivity index (χ4v) is 5.53. The zero-order chi connectivity index (χ0) is 19.7. The lowest BCUT2D eigenvalue weighted by Crippen LogP contribution is -2.40. The van der Waals surface area contributed by atoms with Crippen LogP contribution in [0.25, 0.3) is 11.3 Å². The molecule has 3 fully saturated rings. The molecule has 1 aliphatic heterocycles. The number of carbonyl (C=O) groups is 2. The van der Waals surface area contributed by atoms with Crippen LogP contribution in [0.3, 0.4) is 0 Å². The monoisotopic (exact) mass is 383 g/mol. The lowest BCUT2D eigenvalue weighted by molar-refractivity contribution is -0.140. The Bertz CT molecular complexity index is 1120.